The van der Waals surface area contributed by atoms with Crippen LogP contribution >= 0.6 is 0 Å². The SMILES string of the molecule is O=C(NC1CNC1)[C@H]1C[C@@H](O)CN1. The van der Waals surface area contributed by atoms with E-state index in [0.717, 1.165) is 13.1 Å². The third-order valence-electron chi connectivity index (χ3n) is 2.55. The molecule has 5 nitrogen and oxygen atoms in total. The van der Waals surface area contributed by atoms with Crippen LogP contribution in [0.1, 0.15) is 6.42 Å². The van der Waals surface area contributed by atoms with Gasteiger partial charge in [0.2, 0.25) is 5.91 Å². The topological polar surface area (TPSA) is 73.4 Å². The van der Waals surface area contributed by atoms with Crippen molar-refractivity contribution in [1.29, 1.82) is 0 Å². The van der Waals surface area contributed by atoms with E-state index >= 15 is 0 Å². The Morgan fingerprint density at radius 1 is 1.38 bits per heavy atom. The lowest BCUT2D eigenvalue weighted by atomic mass is 10.1. The summed E-state index contributed by atoms with van der Waals surface area (Å²) in [4.78, 5) is 11.5. The second-order valence-corrected chi connectivity index (χ2v) is 3.71. The van der Waals surface area contributed by atoms with Gasteiger partial charge in [-0.25, -0.2) is 0 Å². The average molecular weight is 185 g/mol. The normalized spacial score (nSPS) is 34.2. The molecule has 0 aromatic carbocycles. The zero-order chi connectivity index (χ0) is 9.26. The zero-order valence-electron chi connectivity index (χ0n) is 7.42. The van der Waals surface area contributed by atoms with Crippen LogP contribution in [0, 0.1) is 0 Å². The van der Waals surface area contributed by atoms with Crippen molar-refractivity contribution in [3.8, 4) is 0 Å². The lowest BCUT2D eigenvalue weighted by Crippen LogP contribution is -2.59. The van der Waals surface area contributed by atoms with Crippen LogP contribution in [0.15, 0.2) is 0 Å². The Morgan fingerprint density at radius 3 is 2.62 bits per heavy atom. The Kier molecular flexibility index (Phi) is 2.48. The Morgan fingerprint density at radius 2 is 2.15 bits per heavy atom. The minimum Gasteiger partial charge on any atom is -0.392 e. The molecule has 0 saturated carbocycles. The van der Waals surface area contributed by atoms with Gasteiger partial charge in [-0.3, -0.25) is 4.79 Å². The summed E-state index contributed by atoms with van der Waals surface area (Å²) in [6, 6.07) is 0.0858. The molecule has 74 valence electrons. The largest absolute Gasteiger partial charge is 0.392 e. The summed E-state index contributed by atoms with van der Waals surface area (Å²) in [5.41, 5.74) is 0. The van der Waals surface area contributed by atoms with Crippen molar-refractivity contribution in [2.75, 3.05) is 19.6 Å². The van der Waals surface area contributed by atoms with Crippen molar-refractivity contribution < 1.29 is 9.90 Å². The fourth-order valence-corrected chi connectivity index (χ4v) is 1.61. The van der Waals surface area contributed by atoms with Crippen molar-refractivity contribution in [3.63, 3.8) is 0 Å². The third kappa shape index (κ3) is 1.99. The molecular formula is C8H15N3O2. The molecule has 2 atom stereocenters. The first-order valence-electron chi connectivity index (χ1n) is 4.68. The second kappa shape index (κ2) is 3.61. The molecule has 2 aliphatic rings. The molecule has 2 aliphatic heterocycles. The summed E-state index contributed by atoms with van der Waals surface area (Å²) < 4.78 is 0. The first-order valence-corrected chi connectivity index (χ1v) is 4.68. The van der Waals surface area contributed by atoms with E-state index in [2.05, 4.69) is 16.0 Å². The molecule has 0 aliphatic carbocycles. The maximum atomic E-state index is 11.5. The summed E-state index contributed by atoms with van der Waals surface area (Å²) in [5, 5.41) is 18.2. The van der Waals surface area contributed by atoms with Gasteiger partial charge in [0.1, 0.15) is 0 Å². The molecular weight excluding hydrogens is 170 g/mol. The lowest BCUT2D eigenvalue weighted by molar-refractivity contribution is -0.124. The minimum atomic E-state index is -0.365. The van der Waals surface area contributed by atoms with Crippen LogP contribution in [-0.4, -0.2) is 48.8 Å². The lowest BCUT2D eigenvalue weighted by Gasteiger charge is -2.29. The summed E-state index contributed by atoms with van der Waals surface area (Å²) in [6.07, 6.45) is 0.168. The van der Waals surface area contributed by atoms with E-state index in [1.807, 2.05) is 0 Å². The first-order chi connectivity index (χ1) is 6.25. The monoisotopic (exact) mass is 185 g/mol. The molecule has 13 heavy (non-hydrogen) atoms. The van der Waals surface area contributed by atoms with E-state index in [-0.39, 0.29) is 24.1 Å². The Hall–Kier alpha value is -0.650. The van der Waals surface area contributed by atoms with Gasteiger partial charge in [0.25, 0.3) is 0 Å². The molecule has 0 bridgehead atoms. The van der Waals surface area contributed by atoms with Crippen LogP contribution in [0.2, 0.25) is 0 Å². The molecule has 4 N–H and O–H groups in total. The van der Waals surface area contributed by atoms with Crippen molar-refractivity contribution in [2.45, 2.75) is 24.6 Å². The molecule has 2 rings (SSSR count). The number of hydrogen-bond acceptors (Lipinski definition) is 4. The van der Waals surface area contributed by atoms with Crippen LogP contribution < -0.4 is 16.0 Å². The zero-order valence-corrected chi connectivity index (χ0v) is 7.42. The fraction of sp³-hybridized carbons (Fsp3) is 0.875. The molecule has 0 unspecified atom stereocenters. The predicted octanol–water partition coefficient (Wildman–Crippen LogP) is -2.20. The van der Waals surface area contributed by atoms with Gasteiger partial charge in [0.05, 0.1) is 18.2 Å². The molecule has 2 fully saturated rings. The number of aliphatic hydroxyl groups is 1. The number of amides is 1. The Labute approximate surface area is 76.9 Å². The average Bonchev–Trinajstić information content (AvgIpc) is 2.44. The van der Waals surface area contributed by atoms with Gasteiger partial charge in [-0.1, -0.05) is 0 Å². The van der Waals surface area contributed by atoms with Crippen LogP contribution in [0.3, 0.4) is 0 Å². The van der Waals surface area contributed by atoms with E-state index in [0.29, 0.717) is 13.0 Å². The number of aliphatic hydroxyl groups excluding tert-OH is 1. The number of rotatable bonds is 2. The molecule has 2 saturated heterocycles. The van der Waals surface area contributed by atoms with Crippen LogP contribution in [0.4, 0.5) is 0 Å². The van der Waals surface area contributed by atoms with Crippen molar-refractivity contribution in [1.82, 2.24) is 16.0 Å². The quantitative estimate of drug-likeness (QED) is 0.394. The minimum absolute atomic E-state index is 0.0167. The number of nitrogens with one attached hydrogen (secondary N) is 3. The number of carbonyl (C=O) groups is 1. The van der Waals surface area contributed by atoms with Gasteiger partial charge >= 0.3 is 0 Å². The maximum absolute atomic E-state index is 11.5. The Balaban J connectivity index is 1.76. The molecule has 0 aromatic rings. The molecule has 0 radical (unpaired) electrons. The van der Waals surface area contributed by atoms with E-state index in [4.69, 9.17) is 0 Å². The highest BCUT2D eigenvalue weighted by Gasteiger charge is 2.30. The van der Waals surface area contributed by atoms with Crippen LogP contribution in [0.25, 0.3) is 0 Å². The third-order valence-corrected chi connectivity index (χ3v) is 2.55. The predicted molar refractivity (Wildman–Crippen MR) is 47.2 cm³/mol. The van der Waals surface area contributed by atoms with Gasteiger partial charge in [0, 0.05) is 19.6 Å². The van der Waals surface area contributed by atoms with Crippen LogP contribution in [0.5, 0.6) is 0 Å². The van der Waals surface area contributed by atoms with E-state index < -0.39 is 0 Å². The maximum Gasteiger partial charge on any atom is 0.237 e. The highest BCUT2D eigenvalue weighted by Crippen LogP contribution is 2.06. The standard InChI is InChI=1S/C8H15N3O2/c12-6-1-7(10-4-6)8(13)11-5-2-9-3-5/h5-7,9-10,12H,1-4H2,(H,11,13)/t6-,7-/m1/s1. The highest BCUT2D eigenvalue weighted by atomic mass is 16.3. The van der Waals surface area contributed by atoms with Crippen LogP contribution in [-0.2, 0) is 4.79 Å². The molecule has 5 heteroatoms. The second-order valence-electron chi connectivity index (χ2n) is 3.71. The molecule has 0 spiro atoms. The molecule has 0 aromatic heterocycles. The summed E-state index contributed by atoms with van der Waals surface area (Å²) in [6.45, 7) is 2.25. The first kappa shape index (κ1) is 8.93. The highest BCUT2D eigenvalue weighted by molar-refractivity contribution is 5.82. The van der Waals surface area contributed by atoms with Crippen molar-refractivity contribution >= 4 is 5.91 Å². The van der Waals surface area contributed by atoms with E-state index in [1.165, 1.54) is 0 Å². The van der Waals surface area contributed by atoms with Gasteiger partial charge in [-0.2, -0.15) is 0 Å². The fourth-order valence-electron chi connectivity index (χ4n) is 1.61. The Bertz CT molecular complexity index is 206. The summed E-state index contributed by atoms with van der Waals surface area (Å²) in [7, 11) is 0. The van der Waals surface area contributed by atoms with Gasteiger partial charge in [-0.15, -0.1) is 0 Å². The smallest absolute Gasteiger partial charge is 0.237 e. The number of carbonyl (C=O) groups excluding carboxylic acids is 1. The van der Waals surface area contributed by atoms with Gasteiger partial charge in [0.15, 0.2) is 0 Å². The van der Waals surface area contributed by atoms with Gasteiger partial charge < -0.3 is 21.1 Å². The molecule has 1 amide bonds. The summed E-state index contributed by atoms with van der Waals surface area (Å²) >= 11 is 0. The summed E-state index contributed by atoms with van der Waals surface area (Å²) in [5.74, 6) is 0.0167. The van der Waals surface area contributed by atoms with Crippen molar-refractivity contribution in [3.05, 3.63) is 0 Å². The van der Waals surface area contributed by atoms with Crippen molar-refractivity contribution in [2.24, 2.45) is 0 Å². The number of hydrogen-bond donors (Lipinski definition) is 4. The number of β-amino-alcohol motifs (C(OH)–C–C–N with tert-alkyl or cyclic N) is 1. The van der Waals surface area contributed by atoms with E-state index in [1.54, 1.807) is 0 Å². The van der Waals surface area contributed by atoms with Gasteiger partial charge in [-0.05, 0) is 6.42 Å². The van der Waals surface area contributed by atoms with E-state index in [9.17, 15) is 9.90 Å². The molecule has 2 heterocycles.